The van der Waals surface area contributed by atoms with Crippen molar-refractivity contribution >= 4 is 78.6 Å². The summed E-state index contributed by atoms with van der Waals surface area (Å²) in [6.07, 6.45) is 0. The van der Waals surface area contributed by atoms with Crippen molar-refractivity contribution in [2.24, 2.45) is 0 Å². The van der Waals surface area contributed by atoms with Crippen molar-refractivity contribution in [3.8, 4) is 0 Å². The van der Waals surface area contributed by atoms with Crippen LogP contribution >= 0.6 is 0 Å². The van der Waals surface area contributed by atoms with E-state index < -0.39 is 0 Å². The predicted molar refractivity (Wildman–Crippen MR) is 106 cm³/mol. The van der Waals surface area contributed by atoms with E-state index in [9.17, 15) is 0 Å². The molecule has 0 N–H and O–H groups in total. The summed E-state index contributed by atoms with van der Waals surface area (Å²) in [7, 11) is 0. The van der Waals surface area contributed by atoms with E-state index in [0.29, 0.717) is 29.0 Å². The number of fused-ring (bicyclic) bond motifs is 3. The van der Waals surface area contributed by atoms with Crippen molar-refractivity contribution in [2.75, 3.05) is 0 Å². The van der Waals surface area contributed by atoms with Gasteiger partial charge in [0.25, 0.3) is 0 Å². The van der Waals surface area contributed by atoms with Crippen LogP contribution in [0.2, 0.25) is 0 Å². The second-order valence-corrected chi connectivity index (χ2v) is 10.6. The number of hydrogen-bond donors (Lipinski definition) is 0. The molecule has 0 aliphatic heterocycles. The molecular formula is C21H11NSe2. The van der Waals surface area contributed by atoms with Crippen molar-refractivity contribution in [1.82, 2.24) is 4.98 Å². The second-order valence-electron chi connectivity index (χ2n) is 6.04. The van der Waals surface area contributed by atoms with E-state index in [2.05, 4.69) is 66.7 Å². The molecule has 3 aromatic heterocycles. The number of rotatable bonds is 0. The summed E-state index contributed by atoms with van der Waals surface area (Å²) in [5, 5.41) is 5.56. The van der Waals surface area contributed by atoms with Gasteiger partial charge in [-0.05, 0) is 0 Å². The van der Waals surface area contributed by atoms with Gasteiger partial charge in [-0.2, -0.15) is 0 Å². The summed E-state index contributed by atoms with van der Waals surface area (Å²) in [6, 6.07) is 24.5. The van der Waals surface area contributed by atoms with E-state index >= 15 is 0 Å². The summed E-state index contributed by atoms with van der Waals surface area (Å²) >= 11 is 0.732. The monoisotopic (exact) mass is 437 g/mol. The minimum absolute atomic E-state index is 0.300. The number of pyridine rings is 1. The van der Waals surface area contributed by atoms with Crippen molar-refractivity contribution in [3.63, 3.8) is 0 Å². The Balaban J connectivity index is 2.04. The Hall–Kier alpha value is -1.89. The van der Waals surface area contributed by atoms with Gasteiger partial charge in [-0.3, -0.25) is 0 Å². The molecule has 0 saturated carbocycles. The van der Waals surface area contributed by atoms with E-state index in [-0.39, 0.29) is 0 Å². The van der Waals surface area contributed by atoms with Gasteiger partial charge >= 0.3 is 150 Å². The number of hydrogen-bond acceptors (Lipinski definition) is 1. The molecule has 0 fully saturated rings. The van der Waals surface area contributed by atoms with Gasteiger partial charge in [0.2, 0.25) is 0 Å². The summed E-state index contributed by atoms with van der Waals surface area (Å²) in [4.78, 5) is 5.09. The van der Waals surface area contributed by atoms with Gasteiger partial charge in [0.1, 0.15) is 0 Å². The summed E-state index contributed by atoms with van der Waals surface area (Å²) in [5.74, 6) is 0. The first-order valence-corrected chi connectivity index (χ1v) is 11.3. The molecule has 0 atom stereocenters. The zero-order chi connectivity index (χ0) is 15.7. The van der Waals surface area contributed by atoms with Crippen molar-refractivity contribution in [3.05, 3.63) is 66.7 Å². The molecule has 0 saturated heterocycles. The summed E-state index contributed by atoms with van der Waals surface area (Å²) in [6.45, 7) is 0. The van der Waals surface area contributed by atoms with Crippen LogP contribution in [0.4, 0.5) is 0 Å². The van der Waals surface area contributed by atoms with Crippen LogP contribution in [0.3, 0.4) is 0 Å². The van der Waals surface area contributed by atoms with Gasteiger partial charge in [-0.15, -0.1) is 0 Å². The van der Waals surface area contributed by atoms with Crippen LogP contribution in [0.25, 0.3) is 49.6 Å². The van der Waals surface area contributed by atoms with Crippen molar-refractivity contribution in [1.29, 1.82) is 0 Å². The fourth-order valence-corrected chi connectivity index (χ4v) is 8.74. The number of para-hydroxylation sites is 1. The summed E-state index contributed by atoms with van der Waals surface area (Å²) in [5.41, 5.74) is 2.30. The molecule has 0 unspecified atom stereocenters. The van der Waals surface area contributed by atoms with Crippen LogP contribution in [0.1, 0.15) is 0 Å². The van der Waals surface area contributed by atoms with E-state index in [1.165, 1.54) is 39.8 Å². The molecular weight excluding hydrogens is 424 g/mol. The Kier molecular flexibility index (Phi) is 2.69. The molecule has 0 spiro atoms. The minimum atomic E-state index is 0.300. The fraction of sp³-hybridized carbons (Fsp3) is 0. The zero-order valence-electron chi connectivity index (χ0n) is 12.6. The Morgan fingerprint density at radius 2 is 1.33 bits per heavy atom. The standard InChI is InChI=1S/C21H11NSe2/c1-2-7-14-12(5-1)11-18-21(22-14)13-6-3-8-15-19(13)20-16(23-15)9-4-10-17(20)24-18/h1-11H. The van der Waals surface area contributed by atoms with Gasteiger partial charge in [-0.1, -0.05) is 0 Å². The molecule has 0 bridgehead atoms. The van der Waals surface area contributed by atoms with Gasteiger partial charge in [-0.25, -0.2) is 0 Å². The SMILES string of the molecule is c1ccc2nc3c(cc2c1)[se]c1cccc2[se]c4cccc3c4c12. The van der Waals surface area contributed by atoms with Crippen LogP contribution in [-0.2, 0) is 0 Å². The third kappa shape index (κ3) is 1.73. The molecule has 112 valence electrons. The van der Waals surface area contributed by atoms with E-state index in [0.717, 1.165) is 5.52 Å². The van der Waals surface area contributed by atoms with Crippen LogP contribution in [0.15, 0.2) is 66.7 Å². The van der Waals surface area contributed by atoms with Crippen LogP contribution in [-0.4, -0.2) is 34.0 Å². The first kappa shape index (κ1) is 13.4. The van der Waals surface area contributed by atoms with E-state index in [1.807, 2.05) is 0 Å². The molecule has 0 radical (unpaired) electrons. The maximum atomic E-state index is 5.09. The zero-order valence-corrected chi connectivity index (χ0v) is 16.0. The third-order valence-electron chi connectivity index (χ3n) is 4.65. The van der Waals surface area contributed by atoms with Gasteiger partial charge < -0.3 is 0 Å². The molecule has 24 heavy (non-hydrogen) atoms. The topological polar surface area (TPSA) is 12.9 Å². The van der Waals surface area contributed by atoms with Crippen molar-refractivity contribution in [2.45, 2.75) is 0 Å². The maximum absolute atomic E-state index is 5.09. The molecule has 1 nitrogen and oxygen atoms in total. The Morgan fingerprint density at radius 1 is 0.625 bits per heavy atom. The quantitative estimate of drug-likeness (QED) is 0.308. The van der Waals surface area contributed by atoms with Gasteiger partial charge in [0.15, 0.2) is 0 Å². The van der Waals surface area contributed by atoms with Crippen molar-refractivity contribution < 1.29 is 0 Å². The van der Waals surface area contributed by atoms with Crippen LogP contribution < -0.4 is 0 Å². The molecule has 0 aliphatic rings. The molecule has 0 amide bonds. The third-order valence-corrected chi connectivity index (χ3v) is 9.29. The Labute approximate surface area is 150 Å². The Morgan fingerprint density at radius 3 is 2.21 bits per heavy atom. The predicted octanol–water partition coefficient (Wildman–Crippen LogP) is 4.96. The van der Waals surface area contributed by atoms with Crippen LogP contribution in [0.5, 0.6) is 0 Å². The molecule has 3 heterocycles. The molecule has 3 aromatic carbocycles. The molecule has 3 heteroatoms. The van der Waals surface area contributed by atoms with E-state index in [4.69, 9.17) is 4.98 Å². The molecule has 6 rings (SSSR count). The summed E-state index contributed by atoms with van der Waals surface area (Å²) < 4.78 is 5.98. The molecule has 6 aromatic rings. The average Bonchev–Trinajstić information content (AvgIpc) is 2.94. The first-order chi connectivity index (χ1) is 11.9. The number of benzene rings is 3. The first-order valence-electron chi connectivity index (χ1n) is 7.91. The van der Waals surface area contributed by atoms with E-state index in [1.54, 1.807) is 4.26 Å². The number of aromatic nitrogens is 1. The number of nitrogens with zero attached hydrogens (tertiary/aromatic N) is 1. The second kappa shape index (κ2) is 4.81. The average molecular weight is 435 g/mol. The normalized spacial score (nSPS) is 12.2. The Bertz CT molecular complexity index is 1410. The van der Waals surface area contributed by atoms with Gasteiger partial charge in [0, 0.05) is 0 Å². The molecule has 0 aliphatic carbocycles. The van der Waals surface area contributed by atoms with Crippen LogP contribution in [0, 0.1) is 0 Å². The van der Waals surface area contributed by atoms with Gasteiger partial charge in [0.05, 0.1) is 0 Å². The fourth-order valence-electron chi connectivity index (χ4n) is 3.60.